The number of carbonyl (C=O) groups is 1. The minimum Gasteiger partial charge on any atom is -0.339 e. The molecule has 0 aliphatic heterocycles. The molecule has 0 radical (unpaired) electrons. The molecule has 17 heavy (non-hydrogen) atoms. The van der Waals surface area contributed by atoms with Crippen molar-refractivity contribution < 1.29 is 9.32 Å². The second kappa shape index (κ2) is 5.43. The molecule has 1 heterocycles. The lowest BCUT2D eigenvalue weighted by atomic mass is 9.80. The van der Waals surface area contributed by atoms with Crippen molar-refractivity contribution >= 4 is 5.78 Å². The lowest BCUT2D eigenvalue weighted by Gasteiger charge is -2.25. The van der Waals surface area contributed by atoms with Gasteiger partial charge in [0.15, 0.2) is 5.82 Å². The van der Waals surface area contributed by atoms with E-state index in [1.165, 1.54) is 26.2 Å². The molecule has 4 heteroatoms. The lowest BCUT2D eigenvalue weighted by molar-refractivity contribution is -0.116. The number of rotatable bonds is 4. The van der Waals surface area contributed by atoms with E-state index in [0.29, 0.717) is 11.8 Å². The molecule has 0 saturated heterocycles. The van der Waals surface area contributed by atoms with E-state index in [4.69, 9.17) is 4.52 Å². The van der Waals surface area contributed by atoms with Crippen LogP contribution in [0.25, 0.3) is 0 Å². The number of carbonyl (C=O) groups excluding carboxylic acids is 1. The Labute approximate surface area is 102 Å². The van der Waals surface area contributed by atoms with Gasteiger partial charge in [0, 0.05) is 5.92 Å². The summed E-state index contributed by atoms with van der Waals surface area (Å²) in [5.41, 5.74) is 0. The van der Waals surface area contributed by atoms with Gasteiger partial charge in [0.1, 0.15) is 5.78 Å². The van der Waals surface area contributed by atoms with Crippen LogP contribution in [0.15, 0.2) is 4.52 Å². The maximum Gasteiger partial charge on any atom is 0.234 e. The average molecular weight is 236 g/mol. The van der Waals surface area contributed by atoms with Crippen molar-refractivity contribution in [1.29, 1.82) is 0 Å². The van der Waals surface area contributed by atoms with E-state index in [1.807, 2.05) is 0 Å². The van der Waals surface area contributed by atoms with Gasteiger partial charge in [0.25, 0.3) is 0 Å². The highest BCUT2D eigenvalue weighted by Crippen LogP contribution is 2.35. The smallest absolute Gasteiger partial charge is 0.234 e. The molecule has 94 valence electrons. The molecule has 1 aliphatic rings. The highest BCUT2D eigenvalue weighted by molar-refractivity contribution is 5.77. The Morgan fingerprint density at radius 1 is 1.35 bits per heavy atom. The largest absolute Gasteiger partial charge is 0.339 e. The Kier molecular flexibility index (Phi) is 3.92. The van der Waals surface area contributed by atoms with E-state index in [9.17, 15) is 4.79 Å². The molecule has 0 unspecified atom stereocenters. The molecule has 1 saturated carbocycles. The van der Waals surface area contributed by atoms with Gasteiger partial charge in [0.05, 0.1) is 6.42 Å². The summed E-state index contributed by atoms with van der Waals surface area (Å²) in [6, 6.07) is 0. The van der Waals surface area contributed by atoms with Crippen LogP contribution in [0.1, 0.15) is 63.6 Å². The van der Waals surface area contributed by atoms with Crippen molar-refractivity contribution in [2.75, 3.05) is 0 Å². The number of nitrogens with zero attached hydrogens (tertiary/aromatic N) is 2. The second-order valence-corrected chi connectivity index (χ2v) is 5.05. The van der Waals surface area contributed by atoms with Crippen LogP contribution >= 0.6 is 0 Å². The van der Waals surface area contributed by atoms with E-state index < -0.39 is 0 Å². The van der Waals surface area contributed by atoms with Crippen molar-refractivity contribution in [3.05, 3.63) is 11.7 Å². The zero-order valence-electron chi connectivity index (χ0n) is 10.6. The van der Waals surface area contributed by atoms with Gasteiger partial charge in [-0.05, 0) is 38.5 Å². The summed E-state index contributed by atoms with van der Waals surface area (Å²) in [6.45, 7) is 3.79. The predicted molar refractivity (Wildman–Crippen MR) is 63.7 cm³/mol. The topological polar surface area (TPSA) is 56.0 Å². The fourth-order valence-corrected chi connectivity index (χ4v) is 2.55. The van der Waals surface area contributed by atoms with Crippen LogP contribution in [0.5, 0.6) is 0 Å². The average Bonchev–Trinajstić information content (AvgIpc) is 2.77. The molecule has 2 rings (SSSR count). The second-order valence-electron chi connectivity index (χ2n) is 5.05. The highest BCUT2D eigenvalue weighted by atomic mass is 16.5. The van der Waals surface area contributed by atoms with Crippen LogP contribution in [-0.4, -0.2) is 15.9 Å². The van der Waals surface area contributed by atoms with Crippen LogP contribution in [0.2, 0.25) is 0 Å². The molecule has 0 aromatic carbocycles. The quantitative estimate of drug-likeness (QED) is 0.806. The van der Waals surface area contributed by atoms with E-state index in [2.05, 4.69) is 17.1 Å². The fourth-order valence-electron chi connectivity index (χ4n) is 2.55. The van der Waals surface area contributed by atoms with Crippen LogP contribution in [0.4, 0.5) is 0 Å². The summed E-state index contributed by atoms with van der Waals surface area (Å²) < 4.78 is 5.10. The minimum absolute atomic E-state index is 0.0647. The zero-order chi connectivity index (χ0) is 12.3. The van der Waals surface area contributed by atoms with Gasteiger partial charge in [0.2, 0.25) is 5.89 Å². The molecule has 1 aromatic heterocycles. The molecular weight excluding hydrogens is 216 g/mol. The first-order valence-corrected chi connectivity index (χ1v) is 6.51. The molecule has 0 atom stereocenters. The highest BCUT2D eigenvalue weighted by Gasteiger charge is 2.25. The Hall–Kier alpha value is -1.19. The molecule has 0 spiro atoms. The summed E-state index contributed by atoms with van der Waals surface area (Å²) in [4.78, 5) is 15.3. The number of ketones is 1. The molecule has 0 N–H and O–H groups in total. The van der Waals surface area contributed by atoms with E-state index in [0.717, 1.165) is 24.6 Å². The molecule has 1 aromatic rings. The molecule has 1 fully saturated rings. The Bertz CT molecular complexity index is 379. The first kappa shape index (κ1) is 12.3. The standard InChI is InChI=1S/C13H20N2O2/c1-3-10-4-6-11(7-5-10)13-14-12(17-15-13)8-9(2)16/h10-11H,3-8H2,1-2H3. The van der Waals surface area contributed by atoms with Crippen LogP contribution < -0.4 is 0 Å². The maximum absolute atomic E-state index is 11.0. The minimum atomic E-state index is 0.0647. The van der Waals surface area contributed by atoms with Crippen LogP contribution in [0.3, 0.4) is 0 Å². The predicted octanol–water partition coefficient (Wildman–Crippen LogP) is 2.88. The number of Topliss-reactive ketones (excluding diaryl/α,β-unsaturated/α-hetero) is 1. The van der Waals surface area contributed by atoms with Crippen LogP contribution in [0, 0.1) is 5.92 Å². The monoisotopic (exact) mass is 236 g/mol. The van der Waals surface area contributed by atoms with Gasteiger partial charge in [-0.25, -0.2) is 0 Å². The summed E-state index contributed by atoms with van der Waals surface area (Å²) in [6.07, 6.45) is 6.36. The van der Waals surface area contributed by atoms with Gasteiger partial charge < -0.3 is 4.52 Å². The van der Waals surface area contributed by atoms with E-state index in [-0.39, 0.29) is 12.2 Å². The maximum atomic E-state index is 11.0. The zero-order valence-corrected chi connectivity index (χ0v) is 10.6. The summed E-state index contributed by atoms with van der Waals surface area (Å²) in [5, 5.41) is 4.01. The molecular formula is C13H20N2O2. The lowest BCUT2D eigenvalue weighted by Crippen LogP contribution is -2.13. The van der Waals surface area contributed by atoms with Gasteiger partial charge in [-0.1, -0.05) is 18.5 Å². The third-order valence-corrected chi connectivity index (χ3v) is 3.67. The van der Waals surface area contributed by atoms with E-state index >= 15 is 0 Å². The van der Waals surface area contributed by atoms with Crippen molar-refractivity contribution in [1.82, 2.24) is 10.1 Å². The molecule has 0 amide bonds. The molecule has 1 aliphatic carbocycles. The molecule has 0 bridgehead atoms. The Morgan fingerprint density at radius 3 is 2.65 bits per heavy atom. The van der Waals surface area contributed by atoms with Gasteiger partial charge in [-0.15, -0.1) is 0 Å². The summed E-state index contributed by atoms with van der Waals surface area (Å²) >= 11 is 0. The third-order valence-electron chi connectivity index (χ3n) is 3.67. The SMILES string of the molecule is CCC1CCC(c2noc(CC(C)=O)n2)CC1. The van der Waals surface area contributed by atoms with Crippen molar-refractivity contribution in [2.24, 2.45) is 5.92 Å². The van der Waals surface area contributed by atoms with E-state index in [1.54, 1.807) is 0 Å². The first-order chi connectivity index (χ1) is 8.19. The van der Waals surface area contributed by atoms with Crippen molar-refractivity contribution in [2.45, 2.75) is 58.3 Å². The van der Waals surface area contributed by atoms with Crippen molar-refractivity contribution in [3.8, 4) is 0 Å². The van der Waals surface area contributed by atoms with Gasteiger partial charge in [-0.2, -0.15) is 4.98 Å². The summed E-state index contributed by atoms with van der Waals surface area (Å²) in [5.74, 6) is 2.63. The number of hydrogen-bond donors (Lipinski definition) is 0. The summed E-state index contributed by atoms with van der Waals surface area (Å²) in [7, 11) is 0. The third kappa shape index (κ3) is 3.14. The Balaban J connectivity index is 1.94. The fraction of sp³-hybridized carbons (Fsp3) is 0.769. The Morgan fingerprint density at radius 2 is 2.06 bits per heavy atom. The first-order valence-electron chi connectivity index (χ1n) is 6.51. The normalized spacial score (nSPS) is 24.8. The van der Waals surface area contributed by atoms with Gasteiger partial charge >= 0.3 is 0 Å². The van der Waals surface area contributed by atoms with Crippen LogP contribution in [-0.2, 0) is 11.2 Å². The molecule has 4 nitrogen and oxygen atoms in total. The van der Waals surface area contributed by atoms with Gasteiger partial charge in [-0.3, -0.25) is 4.79 Å². The van der Waals surface area contributed by atoms with Crippen molar-refractivity contribution in [3.63, 3.8) is 0 Å². The number of aromatic nitrogens is 2. The number of hydrogen-bond acceptors (Lipinski definition) is 4.